The molecule has 2 rings (SSSR count). The van der Waals surface area contributed by atoms with Crippen molar-refractivity contribution >= 4 is 6.09 Å². The van der Waals surface area contributed by atoms with Crippen LogP contribution in [0, 0.1) is 5.82 Å². The Morgan fingerprint density at radius 1 is 1.56 bits per heavy atom. The summed E-state index contributed by atoms with van der Waals surface area (Å²) in [5.41, 5.74) is -0.669. The van der Waals surface area contributed by atoms with Crippen LogP contribution in [0.4, 0.5) is 9.18 Å². The van der Waals surface area contributed by atoms with Crippen LogP contribution in [0.1, 0.15) is 39.4 Å². The van der Waals surface area contributed by atoms with Gasteiger partial charge in [0.15, 0.2) is 5.82 Å². The van der Waals surface area contributed by atoms with E-state index in [0.29, 0.717) is 6.61 Å². The molecule has 1 saturated heterocycles. The smallest absolute Gasteiger partial charge is 0.410 e. The zero-order chi connectivity index (χ0) is 18.6. The summed E-state index contributed by atoms with van der Waals surface area (Å²) >= 11 is 0. The van der Waals surface area contributed by atoms with Gasteiger partial charge in [0, 0.05) is 18.3 Å². The number of carbonyl (C=O) groups is 1. The van der Waals surface area contributed by atoms with Crippen LogP contribution in [0.3, 0.4) is 0 Å². The van der Waals surface area contributed by atoms with Gasteiger partial charge in [-0.3, -0.25) is 4.90 Å². The maximum atomic E-state index is 14.5. The number of carbonyl (C=O) groups excluding carboxylic acids is 1. The van der Waals surface area contributed by atoms with Crippen LogP contribution in [-0.2, 0) is 9.47 Å². The molecule has 1 amide bonds. The van der Waals surface area contributed by atoms with Crippen LogP contribution in [0.5, 0.6) is 5.88 Å². The summed E-state index contributed by atoms with van der Waals surface area (Å²) in [6.07, 6.45) is -0.511. The molecular formula is C17H25FN2O5. The van der Waals surface area contributed by atoms with Crippen molar-refractivity contribution in [1.82, 2.24) is 9.88 Å². The monoisotopic (exact) mass is 356 g/mol. The largest absolute Gasteiger partial charge is 0.476 e. The maximum Gasteiger partial charge on any atom is 0.410 e. The number of aromatic nitrogens is 1. The van der Waals surface area contributed by atoms with Gasteiger partial charge in [-0.1, -0.05) is 0 Å². The van der Waals surface area contributed by atoms with Gasteiger partial charge in [-0.05, 0) is 33.8 Å². The van der Waals surface area contributed by atoms with Crippen LogP contribution in [0.2, 0.25) is 0 Å². The second kappa shape index (κ2) is 7.97. The zero-order valence-electron chi connectivity index (χ0n) is 15.0. The predicted molar refractivity (Wildman–Crippen MR) is 87.9 cm³/mol. The molecule has 2 atom stereocenters. The number of halogens is 1. The molecule has 1 aliphatic heterocycles. The van der Waals surface area contributed by atoms with E-state index in [1.807, 2.05) is 0 Å². The second-order valence-electron chi connectivity index (χ2n) is 6.71. The lowest BCUT2D eigenvalue weighted by atomic mass is 10.0. The van der Waals surface area contributed by atoms with Crippen molar-refractivity contribution in [2.24, 2.45) is 0 Å². The second-order valence-corrected chi connectivity index (χ2v) is 6.71. The van der Waals surface area contributed by atoms with E-state index in [0.717, 1.165) is 0 Å². The number of nitrogens with zero attached hydrogens (tertiary/aromatic N) is 2. The van der Waals surface area contributed by atoms with E-state index in [9.17, 15) is 14.3 Å². The van der Waals surface area contributed by atoms with Crippen LogP contribution < -0.4 is 4.74 Å². The molecule has 7 nitrogen and oxygen atoms in total. The molecule has 0 spiro atoms. The molecule has 1 aromatic rings. The average molecular weight is 356 g/mol. The highest BCUT2D eigenvalue weighted by Crippen LogP contribution is 2.29. The van der Waals surface area contributed by atoms with E-state index in [2.05, 4.69) is 4.98 Å². The standard InChI is InChI=1S/C17H25FN2O5/c1-5-24-15-13(18)11(6-7-19-15)14(21)12-10-23-9-8-20(12)16(22)25-17(2,3)4/h6-7,12,14,21H,5,8-10H2,1-4H3. The molecule has 0 radical (unpaired) electrons. The van der Waals surface area contributed by atoms with E-state index < -0.39 is 29.7 Å². The molecule has 0 aromatic carbocycles. The minimum atomic E-state index is -1.30. The number of hydrogen-bond donors (Lipinski definition) is 1. The molecule has 1 aliphatic rings. The van der Waals surface area contributed by atoms with E-state index in [1.165, 1.54) is 17.2 Å². The first-order chi connectivity index (χ1) is 11.7. The molecular weight excluding hydrogens is 331 g/mol. The summed E-state index contributed by atoms with van der Waals surface area (Å²) < 4.78 is 30.4. The minimum Gasteiger partial charge on any atom is -0.476 e. The van der Waals surface area contributed by atoms with Crippen molar-refractivity contribution in [2.75, 3.05) is 26.4 Å². The number of ether oxygens (including phenoxy) is 3. The topological polar surface area (TPSA) is 81.1 Å². The van der Waals surface area contributed by atoms with Gasteiger partial charge >= 0.3 is 6.09 Å². The number of morpholine rings is 1. The summed E-state index contributed by atoms with van der Waals surface area (Å²) in [5.74, 6) is -0.925. The van der Waals surface area contributed by atoms with E-state index in [4.69, 9.17) is 14.2 Å². The normalized spacial score (nSPS) is 19.4. The van der Waals surface area contributed by atoms with E-state index >= 15 is 0 Å². The fourth-order valence-corrected chi connectivity index (χ4v) is 2.54. The van der Waals surface area contributed by atoms with Gasteiger partial charge in [-0.15, -0.1) is 0 Å². The molecule has 140 valence electrons. The van der Waals surface area contributed by atoms with Crippen LogP contribution in [0.25, 0.3) is 0 Å². The first-order valence-electron chi connectivity index (χ1n) is 8.27. The highest BCUT2D eigenvalue weighted by Gasteiger charge is 2.37. The Bertz CT molecular complexity index is 605. The van der Waals surface area contributed by atoms with Crippen LogP contribution in [0.15, 0.2) is 12.3 Å². The Balaban J connectivity index is 2.25. The third-order valence-corrected chi connectivity index (χ3v) is 3.64. The van der Waals surface area contributed by atoms with Crippen molar-refractivity contribution in [2.45, 2.75) is 45.4 Å². The Morgan fingerprint density at radius 2 is 2.28 bits per heavy atom. The number of rotatable bonds is 4. The van der Waals surface area contributed by atoms with E-state index in [-0.39, 0.29) is 31.2 Å². The van der Waals surface area contributed by atoms with Gasteiger partial charge in [-0.25, -0.2) is 14.2 Å². The lowest BCUT2D eigenvalue weighted by Crippen LogP contribution is -2.52. The molecule has 2 heterocycles. The Morgan fingerprint density at radius 3 is 2.92 bits per heavy atom. The highest BCUT2D eigenvalue weighted by atomic mass is 19.1. The van der Waals surface area contributed by atoms with Gasteiger partial charge in [0.2, 0.25) is 0 Å². The van der Waals surface area contributed by atoms with Gasteiger partial charge in [0.1, 0.15) is 11.7 Å². The van der Waals surface area contributed by atoms with Crippen LogP contribution in [-0.4, -0.2) is 59.1 Å². The van der Waals surface area contributed by atoms with Crippen LogP contribution >= 0.6 is 0 Å². The van der Waals surface area contributed by atoms with Crippen molar-refractivity contribution in [3.05, 3.63) is 23.6 Å². The Labute approximate surface area is 146 Å². The predicted octanol–water partition coefficient (Wildman–Crippen LogP) is 2.29. The molecule has 1 aromatic heterocycles. The van der Waals surface area contributed by atoms with Crippen molar-refractivity contribution in [1.29, 1.82) is 0 Å². The molecule has 8 heteroatoms. The lowest BCUT2D eigenvalue weighted by molar-refractivity contribution is -0.0680. The summed E-state index contributed by atoms with van der Waals surface area (Å²) in [7, 11) is 0. The Hall–Kier alpha value is -1.93. The van der Waals surface area contributed by atoms with Gasteiger partial charge < -0.3 is 19.3 Å². The summed E-state index contributed by atoms with van der Waals surface area (Å²) in [4.78, 5) is 17.6. The first kappa shape index (κ1) is 19.4. The molecule has 2 unspecified atom stereocenters. The number of aliphatic hydroxyl groups excluding tert-OH is 1. The third-order valence-electron chi connectivity index (χ3n) is 3.64. The number of pyridine rings is 1. The third kappa shape index (κ3) is 4.79. The van der Waals surface area contributed by atoms with Gasteiger partial charge in [0.05, 0.1) is 25.9 Å². The molecule has 0 bridgehead atoms. The lowest BCUT2D eigenvalue weighted by Gasteiger charge is -2.38. The average Bonchev–Trinajstić information content (AvgIpc) is 2.55. The molecule has 0 saturated carbocycles. The maximum absolute atomic E-state index is 14.5. The number of amides is 1. The number of aliphatic hydroxyl groups is 1. The minimum absolute atomic E-state index is 0.00232. The zero-order valence-corrected chi connectivity index (χ0v) is 15.0. The van der Waals surface area contributed by atoms with Gasteiger partial charge in [0.25, 0.3) is 5.88 Å². The van der Waals surface area contributed by atoms with E-state index in [1.54, 1.807) is 27.7 Å². The summed E-state index contributed by atoms with van der Waals surface area (Å²) in [5, 5.41) is 10.7. The first-order valence-corrected chi connectivity index (χ1v) is 8.27. The molecule has 25 heavy (non-hydrogen) atoms. The summed E-state index contributed by atoms with van der Waals surface area (Å²) in [6.45, 7) is 7.89. The van der Waals surface area contributed by atoms with Crippen molar-refractivity contribution in [3.8, 4) is 5.88 Å². The number of hydrogen-bond acceptors (Lipinski definition) is 6. The quantitative estimate of drug-likeness (QED) is 0.891. The fourth-order valence-electron chi connectivity index (χ4n) is 2.54. The molecule has 0 aliphatic carbocycles. The Kier molecular flexibility index (Phi) is 6.18. The van der Waals surface area contributed by atoms with Crippen molar-refractivity contribution in [3.63, 3.8) is 0 Å². The SMILES string of the molecule is CCOc1nccc(C(O)C2COCCN2C(=O)OC(C)(C)C)c1F. The molecule has 1 fully saturated rings. The fraction of sp³-hybridized carbons (Fsp3) is 0.647. The van der Waals surface area contributed by atoms with Gasteiger partial charge in [-0.2, -0.15) is 0 Å². The summed E-state index contributed by atoms with van der Waals surface area (Å²) in [6, 6.07) is 0.597. The van der Waals surface area contributed by atoms with Crippen molar-refractivity contribution < 1.29 is 28.5 Å². The highest BCUT2D eigenvalue weighted by molar-refractivity contribution is 5.69. The molecule has 1 N–H and O–H groups in total.